The lowest BCUT2D eigenvalue weighted by Crippen LogP contribution is -2.47. The molecule has 0 bridgehead atoms. The van der Waals surface area contributed by atoms with E-state index in [0.717, 1.165) is 34.5 Å². The van der Waals surface area contributed by atoms with Gasteiger partial charge in [0.25, 0.3) is 0 Å². The number of rotatable bonds is 4. The molecule has 22 heavy (non-hydrogen) atoms. The van der Waals surface area contributed by atoms with Crippen LogP contribution in [-0.2, 0) is 6.54 Å². The molecule has 1 aliphatic rings. The molecule has 0 spiro atoms. The lowest BCUT2D eigenvalue weighted by Gasteiger charge is -2.27. The van der Waals surface area contributed by atoms with Gasteiger partial charge in [0.15, 0.2) is 5.96 Å². The first-order valence-corrected chi connectivity index (χ1v) is 8.52. The van der Waals surface area contributed by atoms with Gasteiger partial charge in [-0.15, -0.1) is 24.0 Å². The second-order valence-electron chi connectivity index (χ2n) is 5.41. The number of aliphatic imine (C=N–C) groups is 1. The lowest BCUT2D eigenvalue weighted by molar-refractivity contribution is 0.0718. The third-order valence-corrected chi connectivity index (χ3v) is 5.01. The molecule has 1 unspecified atom stereocenters. The lowest BCUT2D eigenvalue weighted by atomic mass is 10.0. The Morgan fingerprint density at radius 1 is 1.55 bits per heavy atom. The molecule has 4 nitrogen and oxygen atoms in total. The Bertz CT molecular complexity index is 509. The molecule has 124 valence electrons. The Hall–Kier alpha value is -0.180. The van der Waals surface area contributed by atoms with Crippen LogP contribution in [0.1, 0.15) is 12.0 Å². The van der Waals surface area contributed by atoms with E-state index in [1.54, 1.807) is 18.8 Å². The van der Waals surface area contributed by atoms with Crippen LogP contribution in [0.5, 0.6) is 0 Å². The van der Waals surface area contributed by atoms with Crippen LogP contribution in [0, 0.1) is 0 Å². The smallest absolute Gasteiger partial charge is 0.193 e. The van der Waals surface area contributed by atoms with Crippen molar-refractivity contribution in [2.75, 3.05) is 32.1 Å². The van der Waals surface area contributed by atoms with Crippen LogP contribution in [0.15, 0.2) is 29.3 Å². The molecule has 1 fully saturated rings. The molecule has 2 N–H and O–H groups in total. The second-order valence-corrected chi connectivity index (χ2v) is 6.96. The Kier molecular flexibility index (Phi) is 8.31. The van der Waals surface area contributed by atoms with Gasteiger partial charge in [0, 0.05) is 38.0 Å². The number of thioether (sulfide) groups is 1. The summed E-state index contributed by atoms with van der Waals surface area (Å²) in [7, 11) is 3.73. The van der Waals surface area contributed by atoms with Crippen molar-refractivity contribution in [2.24, 2.45) is 4.99 Å². The van der Waals surface area contributed by atoms with Gasteiger partial charge in [0.2, 0.25) is 0 Å². The van der Waals surface area contributed by atoms with Crippen LogP contribution in [0.2, 0.25) is 5.02 Å². The summed E-state index contributed by atoms with van der Waals surface area (Å²) in [4.78, 5) is 6.30. The molecule has 1 aromatic rings. The van der Waals surface area contributed by atoms with Crippen LogP contribution in [0.25, 0.3) is 0 Å². The molecule has 0 radical (unpaired) electrons. The Morgan fingerprint density at radius 2 is 2.32 bits per heavy atom. The molecule has 1 heterocycles. The summed E-state index contributed by atoms with van der Waals surface area (Å²) in [5.74, 6) is 2.59. The van der Waals surface area contributed by atoms with Gasteiger partial charge in [-0.2, -0.15) is 11.8 Å². The highest BCUT2D eigenvalue weighted by Gasteiger charge is 2.31. The van der Waals surface area contributed by atoms with Crippen molar-refractivity contribution in [1.82, 2.24) is 10.2 Å². The summed E-state index contributed by atoms with van der Waals surface area (Å²) < 4.78 is 0. The fraction of sp³-hybridized carbons (Fsp3) is 0.533. The topological polar surface area (TPSA) is 47.9 Å². The summed E-state index contributed by atoms with van der Waals surface area (Å²) in [6.45, 7) is 1.25. The summed E-state index contributed by atoms with van der Waals surface area (Å²) in [6.07, 6.45) is 0.833. The van der Waals surface area contributed by atoms with Gasteiger partial charge in [0.05, 0.1) is 5.60 Å². The third kappa shape index (κ3) is 5.79. The van der Waals surface area contributed by atoms with Crippen LogP contribution >= 0.6 is 47.3 Å². The molecule has 1 aliphatic heterocycles. The molecule has 7 heteroatoms. The van der Waals surface area contributed by atoms with Gasteiger partial charge in [-0.3, -0.25) is 4.99 Å². The fourth-order valence-electron chi connectivity index (χ4n) is 2.35. The molecule has 2 rings (SSSR count). The number of hydrogen-bond acceptors (Lipinski definition) is 3. The van der Waals surface area contributed by atoms with Crippen LogP contribution in [0.3, 0.4) is 0 Å². The number of nitrogens with zero attached hydrogens (tertiary/aromatic N) is 2. The molecular weight excluding hydrogens is 433 g/mol. The number of halogens is 2. The fourth-order valence-corrected chi connectivity index (χ4v) is 3.86. The molecule has 0 aromatic heterocycles. The standard InChI is InChI=1S/C15H22ClN3OS.HI/c1-17-14(18-10-15(20)6-7-21-11-15)19(2)9-12-4-3-5-13(16)8-12;/h3-5,8,20H,6-7,9-11H2,1-2H3,(H,17,18);1H. The van der Waals surface area contributed by atoms with E-state index in [1.165, 1.54) is 0 Å². The van der Waals surface area contributed by atoms with Gasteiger partial charge in [-0.1, -0.05) is 23.7 Å². The highest BCUT2D eigenvalue weighted by atomic mass is 127. The van der Waals surface area contributed by atoms with Gasteiger partial charge < -0.3 is 15.3 Å². The Balaban J connectivity index is 0.00000242. The predicted octanol–water partition coefficient (Wildman–Crippen LogP) is 2.83. The first kappa shape index (κ1) is 19.9. The van der Waals surface area contributed by atoms with E-state index < -0.39 is 5.60 Å². The maximum atomic E-state index is 10.4. The summed E-state index contributed by atoms with van der Waals surface area (Å²) in [6, 6.07) is 7.80. The molecule has 0 amide bonds. The monoisotopic (exact) mass is 455 g/mol. The van der Waals surface area contributed by atoms with Crippen molar-refractivity contribution in [3.8, 4) is 0 Å². The summed E-state index contributed by atoms with van der Waals surface area (Å²) in [5.41, 5.74) is 0.514. The largest absolute Gasteiger partial charge is 0.387 e. The van der Waals surface area contributed by atoms with Crippen molar-refractivity contribution in [3.63, 3.8) is 0 Å². The highest BCUT2D eigenvalue weighted by molar-refractivity contribution is 14.0. The number of hydrogen-bond donors (Lipinski definition) is 2. The maximum absolute atomic E-state index is 10.4. The Morgan fingerprint density at radius 3 is 2.91 bits per heavy atom. The molecule has 1 saturated heterocycles. The zero-order chi connectivity index (χ0) is 15.3. The molecule has 1 atom stereocenters. The van der Waals surface area contributed by atoms with Gasteiger partial charge >= 0.3 is 0 Å². The normalized spacial score (nSPS) is 21.4. The van der Waals surface area contributed by atoms with Crippen LogP contribution in [-0.4, -0.2) is 53.7 Å². The van der Waals surface area contributed by atoms with E-state index in [0.29, 0.717) is 13.1 Å². The average molecular weight is 456 g/mol. The first-order valence-electron chi connectivity index (χ1n) is 6.99. The summed E-state index contributed by atoms with van der Waals surface area (Å²) >= 11 is 7.80. The van der Waals surface area contributed by atoms with Crippen molar-refractivity contribution < 1.29 is 5.11 Å². The minimum Gasteiger partial charge on any atom is -0.387 e. The molecule has 0 saturated carbocycles. The number of benzene rings is 1. The Labute approximate surface area is 158 Å². The van der Waals surface area contributed by atoms with E-state index >= 15 is 0 Å². The van der Waals surface area contributed by atoms with E-state index in [1.807, 2.05) is 36.2 Å². The number of nitrogens with one attached hydrogen (secondary N) is 1. The highest BCUT2D eigenvalue weighted by Crippen LogP contribution is 2.27. The third-order valence-electron chi connectivity index (χ3n) is 3.54. The minimum atomic E-state index is -0.614. The number of guanidine groups is 1. The van der Waals surface area contributed by atoms with E-state index in [4.69, 9.17) is 11.6 Å². The van der Waals surface area contributed by atoms with Gasteiger partial charge in [-0.05, 0) is 29.9 Å². The van der Waals surface area contributed by atoms with Crippen LogP contribution < -0.4 is 5.32 Å². The van der Waals surface area contributed by atoms with E-state index in [2.05, 4.69) is 10.3 Å². The van der Waals surface area contributed by atoms with Crippen molar-refractivity contribution in [1.29, 1.82) is 0 Å². The average Bonchev–Trinajstić information content (AvgIpc) is 2.86. The van der Waals surface area contributed by atoms with Crippen molar-refractivity contribution in [3.05, 3.63) is 34.9 Å². The number of aliphatic hydroxyl groups is 1. The quantitative estimate of drug-likeness (QED) is 0.416. The maximum Gasteiger partial charge on any atom is 0.193 e. The molecule has 0 aliphatic carbocycles. The van der Waals surface area contributed by atoms with Gasteiger partial charge in [0.1, 0.15) is 0 Å². The second kappa shape index (κ2) is 9.20. The van der Waals surface area contributed by atoms with Gasteiger partial charge in [-0.25, -0.2) is 0 Å². The van der Waals surface area contributed by atoms with E-state index in [9.17, 15) is 5.11 Å². The minimum absolute atomic E-state index is 0. The molecule has 1 aromatic carbocycles. The zero-order valence-electron chi connectivity index (χ0n) is 12.9. The molecular formula is C15H23ClIN3OS. The van der Waals surface area contributed by atoms with Crippen molar-refractivity contribution >= 4 is 53.3 Å². The predicted molar refractivity (Wildman–Crippen MR) is 107 cm³/mol. The first-order chi connectivity index (χ1) is 10.0. The van der Waals surface area contributed by atoms with Crippen LogP contribution in [0.4, 0.5) is 0 Å². The summed E-state index contributed by atoms with van der Waals surface area (Å²) in [5, 5.41) is 14.4. The van der Waals surface area contributed by atoms with E-state index in [-0.39, 0.29) is 24.0 Å². The van der Waals surface area contributed by atoms with Crippen molar-refractivity contribution in [2.45, 2.75) is 18.6 Å². The SMILES string of the molecule is CN=C(NCC1(O)CCSC1)N(C)Cc1cccc(Cl)c1.I. The zero-order valence-corrected chi connectivity index (χ0v) is 16.8.